The van der Waals surface area contributed by atoms with Gasteiger partial charge in [-0.2, -0.15) is 0 Å². The number of rotatable bonds is 54. The van der Waals surface area contributed by atoms with Crippen molar-refractivity contribution in [2.45, 2.75) is 375 Å². The van der Waals surface area contributed by atoms with Crippen molar-refractivity contribution in [3.8, 4) is 0 Å². The molecule has 17 unspecified atom stereocenters. The topological polar surface area (TPSA) is 307 Å². The number of unbranched alkanes of at least 4 members (excludes halogenated alkanes) is 36. The number of hydrogen-bond acceptors (Lipinski definition) is 18. The fourth-order valence-electron chi connectivity index (χ4n) is 12.0. The summed E-state index contributed by atoms with van der Waals surface area (Å²) in [6, 6.07) is -0.986. The minimum atomic E-state index is -1.98. The molecule has 87 heavy (non-hydrogen) atoms. The summed E-state index contributed by atoms with van der Waals surface area (Å²) in [5, 5.41) is 120. The largest absolute Gasteiger partial charge is 0.394 e. The number of carbonyl (C=O) groups is 1. The normalized spacial score (nSPS) is 28.7. The molecule has 0 aromatic carbocycles. The van der Waals surface area contributed by atoms with E-state index in [4.69, 9.17) is 28.4 Å². The molecule has 3 aliphatic heterocycles. The first kappa shape index (κ1) is 79.5. The van der Waals surface area contributed by atoms with Gasteiger partial charge >= 0.3 is 0 Å². The van der Waals surface area contributed by atoms with E-state index in [-0.39, 0.29) is 18.9 Å². The van der Waals surface area contributed by atoms with E-state index in [0.717, 1.165) is 38.5 Å². The van der Waals surface area contributed by atoms with Gasteiger partial charge in [0.15, 0.2) is 18.9 Å². The average molecular weight is 1250 g/mol. The van der Waals surface area contributed by atoms with E-state index < -0.39 is 124 Å². The van der Waals surface area contributed by atoms with Gasteiger partial charge in [0.1, 0.15) is 73.2 Å². The summed E-state index contributed by atoms with van der Waals surface area (Å²) in [5.74, 6) is -0.281. The van der Waals surface area contributed by atoms with Crippen molar-refractivity contribution >= 4 is 5.91 Å². The molecule has 512 valence electrons. The quantitative estimate of drug-likeness (QED) is 0.0200. The molecule has 3 rings (SSSR count). The Morgan fingerprint density at radius 2 is 0.736 bits per heavy atom. The predicted octanol–water partition coefficient (Wildman–Crippen LogP) is 9.05. The van der Waals surface area contributed by atoms with Crippen LogP contribution in [-0.2, 0) is 33.2 Å². The Hall–Kier alpha value is -1.73. The number of amides is 1. The van der Waals surface area contributed by atoms with Gasteiger partial charge in [-0.1, -0.05) is 256 Å². The van der Waals surface area contributed by atoms with Crippen LogP contribution in [-0.4, -0.2) is 193 Å². The molecule has 0 saturated carbocycles. The van der Waals surface area contributed by atoms with Crippen LogP contribution >= 0.6 is 0 Å². The van der Waals surface area contributed by atoms with Crippen LogP contribution < -0.4 is 5.32 Å². The minimum absolute atomic E-state index is 0.240. The van der Waals surface area contributed by atoms with Gasteiger partial charge in [-0.05, 0) is 32.1 Å². The molecule has 19 heteroatoms. The van der Waals surface area contributed by atoms with Gasteiger partial charge in [-0.15, -0.1) is 0 Å². The highest BCUT2D eigenvalue weighted by molar-refractivity contribution is 5.76. The zero-order valence-corrected chi connectivity index (χ0v) is 54.0. The van der Waals surface area contributed by atoms with Gasteiger partial charge in [0.25, 0.3) is 0 Å². The number of hydrogen-bond donors (Lipinski definition) is 12. The molecule has 17 atom stereocenters. The molecule has 0 aromatic heterocycles. The summed E-state index contributed by atoms with van der Waals surface area (Å²) < 4.78 is 34.3. The molecule has 0 bridgehead atoms. The molecule has 0 aliphatic carbocycles. The van der Waals surface area contributed by atoms with Crippen LogP contribution in [0.3, 0.4) is 0 Å². The molecule has 19 nitrogen and oxygen atoms in total. The number of ether oxygens (including phenoxy) is 6. The van der Waals surface area contributed by atoms with E-state index in [9.17, 15) is 61.0 Å². The third-order valence-corrected chi connectivity index (χ3v) is 17.8. The van der Waals surface area contributed by atoms with E-state index in [1.165, 1.54) is 199 Å². The molecule has 3 aliphatic rings. The Balaban J connectivity index is 1.43. The van der Waals surface area contributed by atoms with Crippen molar-refractivity contribution in [2.75, 3.05) is 26.4 Å². The predicted molar refractivity (Wildman–Crippen MR) is 337 cm³/mol. The summed E-state index contributed by atoms with van der Waals surface area (Å²) in [5.41, 5.74) is 0. The van der Waals surface area contributed by atoms with Crippen LogP contribution in [0, 0.1) is 0 Å². The van der Waals surface area contributed by atoms with Gasteiger partial charge in [0.05, 0.1) is 38.6 Å². The van der Waals surface area contributed by atoms with E-state index in [1.54, 1.807) is 6.08 Å². The summed E-state index contributed by atoms with van der Waals surface area (Å²) in [7, 11) is 0. The monoisotopic (exact) mass is 1250 g/mol. The summed E-state index contributed by atoms with van der Waals surface area (Å²) in [6.07, 6.45) is 30.3. The third kappa shape index (κ3) is 33.1. The molecule has 0 radical (unpaired) electrons. The molecule has 0 spiro atoms. The van der Waals surface area contributed by atoms with Crippen molar-refractivity contribution in [3.63, 3.8) is 0 Å². The smallest absolute Gasteiger partial charge is 0.220 e. The second-order valence-electron chi connectivity index (χ2n) is 25.3. The Kier molecular flexibility index (Phi) is 46.4. The highest BCUT2D eigenvalue weighted by atomic mass is 16.8. The van der Waals surface area contributed by atoms with Gasteiger partial charge in [0, 0.05) is 6.42 Å². The Morgan fingerprint density at radius 1 is 0.402 bits per heavy atom. The lowest BCUT2D eigenvalue weighted by atomic mass is 9.96. The standard InChI is InChI=1S/C68H127NO18/c1-3-5-7-9-11-13-15-17-19-20-21-22-23-24-25-26-27-28-29-30-32-33-35-37-39-41-43-45-52(73)51(69-56(74)46-44-42-40-38-36-34-31-18-16-14-12-10-8-6-4-2)50-82-66-62(80)59(77)64(54(48-71)84-66)87-68-63(81)60(78)65(55(49-72)85-68)86-67-61(79)58(76)57(75)53(47-70)83-67/h35,37,43,45,51-55,57-68,70-73,75-81H,3-34,36,38-42,44,46-50H2,1-2H3,(H,69,74)/b37-35+,45-43+. The van der Waals surface area contributed by atoms with Crippen molar-refractivity contribution in [3.05, 3.63) is 24.3 Å². The van der Waals surface area contributed by atoms with Gasteiger partial charge < -0.3 is 89.9 Å². The Bertz CT molecular complexity index is 1680. The third-order valence-electron chi connectivity index (χ3n) is 17.8. The summed E-state index contributed by atoms with van der Waals surface area (Å²) in [4.78, 5) is 13.4. The summed E-state index contributed by atoms with van der Waals surface area (Å²) in [6.45, 7) is 1.74. The van der Waals surface area contributed by atoms with Gasteiger partial charge in [-0.25, -0.2) is 0 Å². The molecule has 0 aromatic rings. The fraction of sp³-hybridized carbons (Fsp3) is 0.926. The first-order valence-electron chi connectivity index (χ1n) is 35.1. The highest BCUT2D eigenvalue weighted by Crippen LogP contribution is 2.33. The minimum Gasteiger partial charge on any atom is -0.394 e. The van der Waals surface area contributed by atoms with Crippen LogP contribution in [0.2, 0.25) is 0 Å². The SMILES string of the molecule is CCCCCCCCCCCCCCCCCCCCCCC/C=C/CC/C=C/C(O)C(COC1OC(CO)C(OC2OC(CO)C(OC3OC(CO)C(O)C(O)C3O)C(O)C2O)C(O)C1O)NC(=O)CCCCCCCCCCCCCCCCC. The van der Waals surface area contributed by atoms with Crippen LogP contribution in [0.15, 0.2) is 24.3 Å². The van der Waals surface area contributed by atoms with E-state index >= 15 is 0 Å². The highest BCUT2D eigenvalue weighted by Gasteiger charge is 2.53. The number of allylic oxidation sites excluding steroid dienone is 3. The zero-order chi connectivity index (χ0) is 63.3. The van der Waals surface area contributed by atoms with Crippen molar-refractivity contribution in [2.24, 2.45) is 0 Å². The lowest BCUT2D eigenvalue weighted by Crippen LogP contribution is -2.66. The van der Waals surface area contributed by atoms with E-state index in [1.807, 2.05) is 6.08 Å². The number of aliphatic hydroxyl groups is 11. The second-order valence-corrected chi connectivity index (χ2v) is 25.3. The number of nitrogens with one attached hydrogen (secondary N) is 1. The molecule has 1 amide bonds. The maximum absolute atomic E-state index is 13.4. The molecule has 3 fully saturated rings. The van der Waals surface area contributed by atoms with Crippen LogP contribution in [0.4, 0.5) is 0 Å². The molecule has 3 heterocycles. The van der Waals surface area contributed by atoms with Crippen molar-refractivity contribution in [1.82, 2.24) is 5.32 Å². The number of carbonyl (C=O) groups excluding carboxylic acids is 1. The maximum Gasteiger partial charge on any atom is 0.220 e. The maximum atomic E-state index is 13.4. The van der Waals surface area contributed by atoms with Gasteiger partial charge in [0.2, 0.25) is 5.91 Å². The van der Waals surface area contributed by atoms with Gasteiger partial charge in [-0.3, -0.25) is 4.79 Å². The second kappa shape index (κ2) is 50.8. The molecule has 3 saturated heterocycles. The zero-order valence-electron chi connectivity index (χ0n) is 54.0. The lowest BCUT2D eigenvalue weighted by Gasteiger charge is -2.48. The van der Waals surface area contributed by atoms with E-state index in [2.05, 4.69) is 31.3 Å². The van der Waals surface area contributed by atoms with E-state index in [0.29, 0.717) is 12.8 Å². The first-order valence-corrected chi connectivity index (χ1v) is 35.1. The Morgan fingerprint density at radius 3 is 1.15 bits per heavy atom. The van der Waals surface area contributed by atoms with Crippen molar-refractivity contribution < 1.29 is 89.4 Å². The molecule has 12 N–H and O–H groups in total. The van der Waals surface area contributed by atoms with Crippen molar-refractivity contribution in [1.29, 1.82) is 0 Å². The average Bonchev–Trinajstić information content (AvgIpc) is 1.16. The van der Waals surface area contributed by atoms with Crippen LogP contribution in [0.5, 0.6) is 0 Å². The lowest BCUT2D eigenvalue weighted by molar-refractivity contribution is -0.379. The summed E-state index contributed by atoms with van der Waals surface area (Å²) >= 11 is 0. The first-order chi connectivity index (χ1) is 42.3. The number of aliphatic hydroxyl groups excluding tert-OH is 11. The molecular formula is C68H127NO18. The fourth-order valence-corrected chi connectivity index (χ4v) is 12.0. The van der Waals surface area contributed by atoms with Crippen LogP contribution in [0.25, 0.3) is 0 Å². The molecular weight excluding hydrogens is 1120 g/mol. The Labute approximate surface area is 524 Å². The van der Waals surface area contributed by atoms with Crippen LogP contribution in [0.1, 0.15) is 271 Å².